The summed E-state index contributed by atoms with van der Waals surface area (Å²) >= 11 is 0. The fourth-order valence-corrected chi connectivity index (χ4v) is 4.32. The fourth-order valence-electron chi connectivity index (χ4n) is 4.32. The van der Waals surface area contributed by atoms with Gasteiger partial charge in [0.05, 0.1) is 38.7 Å². The quantitative estimate of drug-likeness (QED) is 0.432. The number of methoxy groups -OCH3 is 2. The number of hydrogen-bond donors (Lipinski definition) is 2. The highest BCUT2D eigenvalue weighted by Crippen LogP contribution is 2.46. The molecule has 178 valence electrons. The molecule has 2 heterocycles. The third kappa shape index (κ3) is 4.74. The van der Waals surface area contributed by atoms with Crippen molar-refractivity contribution in [3.05, 3.63) is 66.2 Å². The van der Waals surface area contributed by atoms with Crippen LogP contribution in [0.1, 0.15) is 5.56 Å². The maximum absolute atomic E-state index is 12.9. The lowest BCUT2D eigenvalue weighted by molar-refractivity contribution is -0.125. The number of carbonyl (C=O) groups is 3. The van der Waals surface area contributed by atoms with Gasteiger partial charge in [-0.15, -0.1) is 0 Å². The molecule has 9 nitrogen and oxygen atoms in total. The van der Waals surface area contributed by atoms with E-state index < -0.39 is 29.6 Å². The van der Waals surface area contributed by atoms with Gasteiger partial charge in [0.2, 0.25) is 5.91 Å². The summed E-state index contributed by atoms with van der Waals surface area (Å²) in [6.45, 7) is -0.0241. The second-order valence-corrected chi connectivity index (χ2v) is 8.09. The lowest BCUT2D eigenvalue weighted by Gasteiger charge is -2.29. The second kappa shape index (κ2) is 9.96. The molecule has 2 aromatic rings. The number of hydrogen-bond acceptors (Lipinski definition) is 7. The number of fused-ring (bicyclic) bond motifs is 2. The Morgan fingerprint density at radius 2 is 1.79 bits per heavy atom. The van der Waals surface area contributed by atoms with E-state index in [2.05, 4.69) is 10.6 Å². The van der Waals surface area contributed by atoms with E-state index in [4.69, 9.17) is 18.9 Å². The van der Waals surface area contributed by atoms with Gasteiger partial charge in [-0.1, -0.05) is 30.4 Å². The molecule has 9 heteroatoms. The number of aldehydes is 1. The van der Waals surface area contributed by atoms with Crippen molar-refractivity contribution in [1.82, 2.24) is 5.32 Å². The number of alkyl carbamates (subject to hydrolysis) is 1. The largest absolute Gasteiger partial charge is 0.497 e. The summed E-state index contributed by atoms with van der Waals surface area (Å²) in [6, 6.07) is 14.2. The molecular formula is C25H26N2O7. The predicted octanol–water partition coefficient (Wildman–Crippen LogP) is 2.71. The number of ether oxygens (including phenoxy) is 4. The van der Waals surface area contributed by atoms with Crippen LogP contribution in [0.2, 0.25) is 0 Å². The summed E-state index contributed by atoms with van der Waals surface area (Å²) in [5, 5.41) is 5.48. The number of anilines is 1. The van der Waals surface area contributed by atoms with E-state index in [1.165, 1.54) is 14.2 Å². The summed E-state index contributed by atoms with van der Waals surface area (Å²) in [6.07, 6.45) is 2.97. The summed E-state index contributed by atoms with van der Waals surface area (Å²) in [5.74, 6) is -0.618. The number of benzene rings is 2. The van der Waals surface area contributed by atoms with Crippen LogP contribution in [0.4, 0.5) is 10.5 Å². The number of rotatable bonds is 9. The Bertz CT molecular complexity index is 1070. The SMILES string of the molecule is COc1cc(COC(=O)NCC23C=CC(O2)C(C(=O)Nc2ccccc2)C3C=O)cc(OC)c1. The van der Waals surface area contributed by atoms with Crippen molar-refractivity contribution < 1.29 is 33.3 Å². The molecule has 2 N–H and O–H groups in total. The van der Waals surface area contributed by atoms with Crippen molar-refractivity contribution >= 4 is 24.0 Å². The van der Waals surface area contributed by atoms with E-state index in [0.717, 1.165) is 0 Å². The first-order chi connectivity index (χ1) is 16.5. The highest BCUT2D eigenvalue weighted by molar-refractivity contribution is 5.95. The van der Waals surface area contributed by atoms with E-state index in [-0.39, 0.29) is 19.1 Å². The number of para-hydroxylation sites is 1. The molecule has 2 bridgehead atoms. The van der Waals surface area contributed by atoms with Crippen LogP contribution in [-0.4, -0.2) is 50.8 Å². The molecule has 0 radical (unpaired) electrons. The molecule has 1 fully saturated rings. The van der Waals surface area contributed by atoms with Crippen LogP contribution in [0.25, 0.3) is 0 Å². The first-order valence-corrected chi connectivity index (χ1v) is 10.8. The Morgan fingerprint density at radius 3 is 2.44 bits per heavy atom. The average molecular weight is 466 g/mol. The highest BCUT2D eigenvalue weighted by atomic mass is 16.6. The molecule has 2 amide bonds. The van der Waals surface area contributed by atoms with Crippen LogP contribution in [-0.2, 0) is 25.7 Å². The van der Waals surface area contributed by atoms with Crippen LogP contribution < -0.4 is 20.1 Å². The maximum atomic E-state index is 12.9. The highest BCUT2D eigenvalue weighted by Gasteiger charge is 2.59. The molecule has 0 spiro atoms. The Morgan fingerprint density at radius 1 is 1.09 bits per heavy atom. The van der Waals surface area contributed by atoms with Gasteiger partial charge < -0.3 is 34.4 Å². The zero-order valence-electron chi connectivity index (χ0n) is 18.9. The van der Waals surface area contributed by atoms with Gasteiger partial charge in [0, 0.05) is 11.8 Å². The summed E-state index contributed by atoms with van der Waals surface area (Å²) in [5.41, 5.74) is 0.211. The van der Waals surface area contributed by atoms with Gasteiger partial charge in [-0.2, -0.15) is 0 Å². The molecule has 2 aliphatic rings. The summed E-state index contributed by atoms with van der Waals surface area (Å²) in [4.78, 5) is 37.2. The van der Waals surface area contributed by atoms with Crippen molar-refractivity contribution in [2.24, 2.45) is 11.8 Å². The minimum Gasteiger partial charge on any atom is -0.497 e. The molecule has 2 aliphatic heterocycles. The Kier molecular flexibility index (Phi) is 6.83. The van der Waals surface area contributed by atoms with Crippen molar-refractivity contribution in [3.63, 3.8) is 0 Å². The van der Waals surface area contributed by atoms with Gasteiger partial charge >= 0.3 is 6.09 Å². The molecular weight excluding hydrogens is 440 g/mol. The van der Waals surface area contributed by atoms with Gasteiger partial charge in [0.15, 0.2) is 0 Å². The third-order valence-electron chi connectivity index (χ3n) is 6.01. The zero-order chi connectivity index (χ0) is 24.1. The number of nitrogens with one attached hydrogen (secondary N) is 2. The van der Waals surface area contributed by atoms with Gasteiger partial charge in [-0.3, -0.25) is 4.79 Å². The lowest BCUT2D eigenvalue weighted by Crippen LogP contribution is -2.48. The van der Waals surface area contributed by atoms with E-state index in [1.54, 1.807) is 42.5 Å². The van der Waals surface area contributed by atoms with Gasteiger partial charge in [-0.05, 0) is 29.8 Å². The number of amides is 2. The normalized spacial score (nSPS) is 24.4. The molecule has 0 aliphatic carbocycles. The van der Waals surface area contributed by atoms with Crippen molar-refractivity contribution in [2.45, 2.75) is 18.3 Å². The summed E-state index contributed by atoms with van der Waals surface area (Å²) < 4.78 is 21.7. The minimum absolute atomic E-state index is 0.00900. The average Bonchev–Trinajstić information content (AvgIpc) is 3.43. The van der Waals surface area contributed by atoms with Crippen molar-refractivity contribution in [3.8, 4) is 11.5 Å². The fraction of sp³-hybridized carbons (Fsp3) is 0.320. The third-order valence-corrected chi connectivity index (χ3v) is 6.01. The first-order valence-electron chi connectivity index (χ1n) is 10.8. The van der Waals surface area contributed by atoms with Gasteiger partial charge in [0.1, 0.15) is 30.0 Å². The van der Waals surface area contributed by atoms with E-state index in [9.17, 15) is 14.4 Å². The standard InChI is InChI=1S/C25H26N2O7/c1-31-18-10-16(11-19(12-18)32-2)14-33-24(30)26-15-25-9-8-21(34-25)22(20(25)13-28)23(29)27-17-6-4-3-5-7-17/h3-13,20-22H,14-15H2,1-2H3,(H,26,30)(H,27,29). The van der Waals surface area contributed by atoms with E-state index in [1.807, 2.05) is 18.2 Å². The minimum atomic E-state index is -1.11. The Hall–Kier alpha value is -3.85. The molecule has 4 unspecified atom stereocenters. The topological polar surface area (TPSA) is 112 Å². The molecule has 4 atom stereocenters. The second-order valence-electron chi connectivity index (χ2n) is 8.09. The first kappa shape index (κ1) is 23.3. The number of carbonyl (C=O) groups excluding carboxylic acids is 3. The van der Waals surface area contributed by atoms with Crippen LogP contribution in [0, 0.1) is 11.8 Å². The molecule has 0 aromatic heterocycles. The molecule has 2 aromatic carbocycles. The van der Waals surface area contributed by atoms with E-state index >= 15 is 0 Å². The predicted molar refractivity (Wildman–Crippen MR) is 123 cm³/mol. The molecule has 34 heavy (non-hydrogen) atoms. The van der Waals surface area contributed by atoms with E-state index in [0.29, 0.717) is 29.0 Å². The summed E-state index contributed by atoms with van der Waals surface area (Å²) in [7, 11) is 3.07. The lowest BCUT2D eigenvalue weighted by atomic mass is 9.75. The maximum Gasteiger partial charge on any atom is 0.407 e. The molecule has 0 saturated carbocycles. The smallest absolute Gasteiger partial charge is 0.407 e. The van der Waals surface area contributed by atoms with Gasteiger partial charge in [-0.25, -0.2) is 4.79 Å². The molecule has 1 saturated heterocycles. The zero-order valence-corrected chi connectivity index (χ0v) is 18.9. The van der Waals surface area contributed by atoms with Crippen LogP contribution in [0.5, 0.6) is 11.5 Å². The molecule has 4 rings (SSSR count). The monoisotopic (exact) mass is 466 g/mol. The Balaban J connectivity index is 1.36. The van der Waals surface area contributed by atoms with Crippen LogP contribution in [0.3, 0.4) is 0 Å². The Labute approximate surface area is 197 Å². The van der Waals surface area contributed by atoms with Crippen LogP contribution >= 0.6 is 0 Å². The van der Waals surface area contributed by atoms with Crippen molar-refractivity contribution in [1.29, 1.82) is 0 Å². The van der Waals surface area contributed by atoms with Crippen molar-refractivity contribution in [2.75, 3.05) is 26.1 Å². The van der Waals surface area contributed by atoms with Crippen LogP contribution in [0.15, 0.2) is 60.7 Å². The van der Waals surface area contributed by atoms with Gasteiger partial charge in [0.25, 0.3) is 0 Å².